The maximum absolute atomic E-state index is 12.7. The van der Waals surface area contributed by atoms with Gasteiger partial charge in [-0.3, -0.25) is 4.79 Å². The van der Waals surface area contributed by atoms with E-state index in [0.29, 0.717) is 17.6 Å². The molecule has 2 fully saturated rings. The summed E-state index contributed by atoms with van der Waals surface area (Å²) in [4.78, 5) is 23.5. The average molecular weight is 316 g/mol. The normalized spacial score (nSPS) is 19.5. The van der Waals surface area contributed by atoms with Crippen molar-refractivity contribution in [2.75, 3.05) is 18.6 Å². The maximum atomic E-state index is 12.7. The SMILES string of the molecule is CN(C(=O)c1cnc2c(c1)ncn2C1CC1)C1CCSCC1. The largest absolute Gasteiger partial charge is 0.339 e. The van der Waals surface area contributed by atoms with E-state index in [9.17, 15) is 4.79 Å². The smallest absolute Gasteiger partial charge is 0.255 e. The van der Waals surface area contributed by atoms with Gasteiger partial charge in [0.05, 0.1) is 11.9 Å². The van der Waals surface area contributed by atoms with Crippen LogP contribution in [0.1, 0.15) is 42.1 Å². The summed E-state index contributed by atoms with van der Waals surface area (Å²) in [7, 11) is 1.91. The van der Waals surface area contributed by atoms with Gasteiger partial charge in [-0.05, 0) is 43.3 Å². The van der Waals surface area contributed by atoms with Gasteiger partial charge in [0.25, 0.3) is 5.91 Å². The molecule has 0 aromatic carbocycles. The highest BCUT2D eigenvalue weighted by molar-refractivity contribution is 7.99. The molecular weight excluding hydrogens is 296 g/mol. The molecule has 0 radical (unpaired) electrons. The Kier molecular flexibility index (Phi) is 3.56. The molecule has 3 heterocycles. The molecule has 1 aliphatic carbocycles. The second-order valence-electron chi connectivity index (χ2n) is 6.21. The third-order valence-corrected chi connectivity index (χ3v) is 5.71. The molecule has 1 saturated heterocycles. The lowest BCUT2D eigenvalue weighted by atomic mass is 10.1. The minimum absolute atomic E-state index is 0.0623. The van der Waals surface area contributed by atoms with Crippen LogP contribution >= 0.6 is 11.8 Å². The number of amides is 1. The number of carbonyl (C=O) groups is 1. The van der Waals surface area contributed by atoms with Crippen molar-refractivity contribution in [2.24, 2.45) is 0 Å². The van der Waals surface area contributed by atoms with E-state index in [2.05, 4.69) is 14.5 Å². The Morgan fingerprint density at radius 2 is 2.05 bits per heavy atom. The molecule has 2 aliphatic rings. The van der Waals surface area contributed by atoms with Crippen LogP contribution < -0.4 is 0 Å². The number of hydrogen-bond donors (Lipinski definition) is 0. The van der Waals surface area contributed by atoms with Crippen molar-refractivity contribution in [3.8, 4) is 0 Å². The molecule has 1 amide bonds. The first-order valence-electron chi connectivity index (χ1n) is 7.91. The topological polar surface area (TPSA) is 51.0 Å². The summed E-state index contributed by atoms with van der Waals surface area (Å²) < 4.78 is 2.13. The van der Waals surface area contributed by atoms with Gasteiger partial charge < -0.3 is 9.47 Å². The van der Waals surface area contributed by atoms with Crippen LogP contribution in [0.25, 0.3) is 11.2 Å². The average Bonchev–Trinajstić information content (AvgIpc) is 3.33. The summed E-state index contributed by atoms with van der Waals surface area (Å²) in [6, 6.07) is 2.80. The van der Waals surface area contributed by atoms with Crippen molar-refractivity contribution >= 4 is 28.8 Å². The minimum atomic E-state index is 0.0623. The van der Waals surface area contributed by atoms with Crippen molar-refractivity contribution in [2.45, 2.75) is 37.8 Å². The fourth-order valence-corrected chi connectivity index (χ4v) is 4.18. The van der Waals surface area contributed by atoms with Crippen LogP contribution in [-0.4, -0.2) is 49.9 Å². The van der Waals surface area contributed by atoms with Crippen molar-refractivity contribution in [3.05, 3.63) is 24.2 Å². The molecule has 0 bridgehead atoms. The number of thioether (sulfide) groups is 1. The predicted molar refractivity (Wildman–Crippen MR) is 88.2 cm³/mol. The van der Waals surface area contributed by atoms with E-state index < -0.39 is 0 Å². The lowest BCUT2D eigenvalue weighted by molar-refractivity contribution is 0.0723. The number of carbonyl (C=O) groups excluding carboxylic acids is 1. The Morgan fingerprint density at radius 3 is 2.77 bits per heavy atom. The Labute approximate surface area is 134 Å². The second-order valence-corrected chi connectivity index (χ2v) is 7.43. The zero-order valence-corrected chi connectivity index (χ0v) is 13.6. The Morgan fingerprint density at radius 1 is 1.27 bits per heavy atom. The van der Waals surface area contributed by atoms with Gasteiger partial charge in [-0.2, -0.15) is 11.8 Å². The fraction of sp³-hybridized carbons (Fsp3) is 0.562. The molecule has 116 valence electrons. The van der Waals surface area contributed by atoms with E-state index in [1.165, 1.54) is 12.8 Å². The van der Waals surface area contributed by atoms with Crippen LogP contribution in [0.4, 0.5) is 0 Å². The van der Waals surface area contributed by atoms with Crippen molar-refractivity contribution < 1.29 is 4.79 Å². The highest BCUT2D eigenvalue weighted by atomic mass is 32.2. The molecule has 6 heteroatoms. The second kappa shape index (κ2) is 5.57. The molecular formula is C16H20N4OS. The van der Waals surface area contributed by atoms with Crippen LogP contribution in [-0.2, 0) is 0 Å². The molecule has 1 saturated carbocycles. The molecule has 22 heavy (non-hydrogen) atoms. The molecule has 4 rings (SSSR count). The monoisotopic (exact) mass is 316 g/mol. The fourth-order valence-electron chi connectivity index (χ4n) is 3.10. The van der Waals surface area contributed by atoms with Gasteiger partial charge >= 0.3 is 0 Å². The van der Waals surface area contributed by atoms with Gasteiger partial charge in [0, 0.05) is 25.3 Å². The summed E-state index contributed by atoms with van der Waals surface area (Å²) >= 11 is 1.97. The van der Waals surface area contributed by atoms with Crippen molar-refractivity contribution in [1.29, 1.82) is 0 Å². The summed E-state index contributed by atoms with van der Waals surface area (Å²) in [6.07, 6.45) is 8.13. The van der Waals surface area contributed by atoms with Crippen LogP contribution in [0.2, 0.25) is 0 Å². The maximum Gasteiger partial charge on any atom is 0.255 e. The number of aromatic nitrogens is 3. The first kappa shape index (κ1) is 14.1. The zero-order chi connectivity index (χ0) is 15.1. The highest BCUT2D eigenvalue weighted by Gasteiger charge is 2.27. The zero-order valence-electron chi connectivity index (χ0n) is 12.7. The Hall–Kier alpha value is -1.56. The number of nitrogens with zero attached hydrogens (tertiary/aromatic N) is 4. The molecule has 1 aliphatic heterocycles. The lowest BCUT2D eigenvalue weighted by Crippen LogP contribution is -2.39. The van der Waals surface area contributed by atoms with E-state index in [-0.39, 0.29) is 5.91 Å². The lowest BCUT2D eigenvalue weighted by Gasteiger charge is -2.31. The van der Waals surface area contributed by atoms with E-state index in [1.54, 1.807) is 6.20 Å². The van der Waals surface area contributed by atoms with Crippen molar-refractivity contribution in [3.63, 3.8) is 0 Å². The van der Waals surface area contributed by atoms with E-state index in [4.69, 9.17) is 0 Å². The van der Waals surface area contributed by atoms with Gasteiger partial charge in [0.15, 0.2) is 5.65 Å². The number of rotatable bonds is 3. The Bertz CT molecular complexity index is 703. The summed E-state index contributed by atoms with van der Waals surface area (Å²) in [5.41, 5.74) is 2.37. The molecule has 0 spiro atoms. The number of pyridine rings is 1. The standard InChI is InChI=1S/C16H20N4OS/c1-19(12-4-6-22-7-5-12)16(21)11-8-14-15(17-9-11)20(10-18-14)13-2-3-13/h8-10,12-13H,2-7H2,1H3. The molecule has 0 unspecified atom stereocenters. The van der Waals surface area contributed by atoms with Crippen LogP contribution in [0.3, 0.4) is 0 Å². The van der Waals surface area contributed by atoms with Gasteiger partial charge in [-0.1, -0.05) is 0 Å². The summed E-state index contributed by atoms with van der Waals surface area (Å²) in [6.45, 7) is 0. The molecule has 2 aromatic rings. The first-order valence-corrected chi connectivity index (χ1v) is 9.07. The summed E-state index contributed by atoms with van der Waals surface area (Å²) in [5, 5.41) is 0. The number of fused-ring (bicyclic) bond motifs is 1. The van der Waals surface area contributed by atoms with Gasteiger partial charge in [-0.15, -0.1) is 0 Å². The van der Waals surface area contributed by atoms with Gasteiger partial charge in [0.2, 0.25) is 0 Å². The van der Waals surface area contributed by atoms with E-state index in [1.807, 2.05) is 36.1 Å². The predicted octanol–water partition coefficient (Wildman–Crippen LogP) is 2.73. The Balaban J connectivity index is 1.58. The van der Waals surface area contributed by atoms with Gasteiger partial charge in [-0.25, -0.2) is 9.97 Å². The number of hydrogen-bond acceptors (Lipinski definition) is 4. The van der Waals surface area contributed by atoms with E-state index in [0.717, 1.165) is 35.5 Å². The third kappa shape index (κ3) is 2.49. The van der Waals surface area contributed by atoms with Crippen LogP contribution in [0.15, 0.2) is 18.6 Å². The minimum Gasteiger partial charge on any atom is -0.339 e. The quantitative estimate of drug-likeness (QED) is 0.873. The number of imidazole rings is 1. The van der Waals surface area contributed by atoms with Gasteiger partial charge in [0.1, 0.15) is 5.52 Å². The molecule has 2 aromatic heterocycles. The molecule has 0 N–H and O–H groups in total. The van der Waals surface area contributed by atoms with Crippen LogP contribution in [0.5, 0.6) is 0 Å². The van der Waals surface area contributed by atoms with E-state index >= 15 is 0 Å². The molecule has 5 nitrogen and oxygen atoms in total. The molecule has 0 atom stereocenters. The highest BCUT2D eigenvalue weighted by Crippen LogP contribution is 2.36. The third-order valence-electron chi connectivity index (χ3n) is 4.66. The van der Waals surface area contributed by atoms with Crippen LogP contribution in [0, 0.1) is 0 Å². The summed E-state index contributed by atoms with van der Waals surface area (Å²) in [5.74, 6) is 2.35. The first-order chi connectivity index (χ1) is 10.7. The van der Waals surface area contributed by atoms with Crippen molar-refractivity contribution in [1.82, 2.24) is 19.4 Å².